The summed E-state index contributed by atoms with van der Waals surface area (Å²) in [6, 6.07) is 3.76. The first kappa shape index (κ1) is 14.6. The fourth-order valence-corrected chi connectivity index (χ4v) is 2.38. The minimum atomic E-state index is -0.585. The van der Waals surface area contributed by atoms with Crippen molar-refractivity contribution in [2.75, 3.05) is 18.4 Å². The maximum Gasteiger partial charge on any atom is 0.321 e. The molecule has 1 heterocycles. The molecule has 1 aliphatic heterocycles. The predicted octanol–water partition coefficient (Wildman–Crippen LogP) is 2.21. The van der Waals surface area contributed by atoms with E-state index in [1.807, 2.05) is 0 Å². The van der Waals surface area contributed by atoms with E-state index in [-0.39, 0.29) is 22.5 Å². The number of carbonyl (C=O) groups is 2. The molecule has 1 aromatic carbocycles. The van der Waals surface area contributed by atoms with Crippen LogP contribution in [-0.4, -0.2) is 29.9 Å². The third-order valence-electron chi connectivity index (χ3n) is 3.38. The van der Waals surface area contributed by atoms with Crippen molar-refractivity contribution in [3.05, 3.63) is 29.0 Å². The van der Waals surface area contributed by atoms with Crippen LogP contribution in [0.2, 0.25) is 5.02 Å². The van der Waals surface area contributed by atoms with E-state index in [1.165, 1.54) is 23.1 Å². The highest BCUT2D eigenvalue weighted by Gasteiger charge is 2.26. The Bertz CT molecular complexity index is 510. The Morgan fingerprint density at radius 3 is 2.55 bits per heavy atom. The SMILES string of the molecule is NC(=O)C1CCN(C(=O)Nc2c(F)cccc2Cl)CC1. The zero-order chi connectivity index (χ0) is 14.7. The zero-order valence-corrected chi connectivity index (χ0v) is 11.5. The Morgan fingerprint density at radius 2 is 2.00 bits per heavy atom. The zero-order valence-electron chi connectivity index (χ0n) is 10.7. The number of carbonyl (C=O) groups excluding carboxylic acids is 2. The van der Waals surface area contributed by atoms with Crippen molar-refractivity contribution in [3.8, 4) is 0 Å². The maximum absolute atomic E-state index is 13.6. The van der Waals surface area contributed by atoms with Gasteiger partial charge in [-0.15, -0.1) is 0 Å². The standard InChI is InChI=1S/C13H15ClFN3O2/c14-9-2-1-3-10(15)11(9)17-13(20)18-6-4-8(5-7-18)12(16)19/h1-3,8H,4-7H2,(H2,16,19)(H,17,20). The first-order chi connectivity index (χ1) is 9.49. The van der Waals surface area contributed by atoms with Crippen LogP contribution < -0.4 is 11.1 Å². The van der Waals surface area contributed by atoms with Crippen molar-refractivity contribution in [3.63, 3.8) is 0 Å². The lowest BCUT2D eigenvalue weighted by molar-refractivity contribution is -0.122. The topological polar surface area (TPSA) is 75.4 Å². The Kier molecular flexibility index (Phi) is 4.44. The van der Waals surface area contributed by atoms with Crippen LogP contribution in [0.25, 0.3) is 0 Å². The van der Waals surface area contributed by atoms with Crippen LogP contribution in [0, 0.1) is 11.7 Å². The second-order valence-electron chi connectivity index (χ2n) is 4.69. The van der Waals surface area contributed by atoms with E-state index in [9.17, 15) is 14.0 Å². The van der Waals surface area contributed by atoms with Crippen molar-refractivity contribution < 1.29 is 14.0 Å². The Morgan fingerprint density at radius 1 is 1.35 bits per heavy atom. The fourth-order valence-electron chi connectivity index (χ4n) is 2.17. The number of nitrogens with zero attached hydrogens (tertiary/aromatic N) is 1. The Labute approximate surface area is 120 Å². The van der Waals surface area contributed by atoms with E-state index in [0.717, 1.165) is 0 Å². The van der Waals surface area contributed by atoms with Gasteiger partial charge in [-0.05, 0) is 25.0 Å². The lowest BCUT2D eigenvalue weighted by Crippen LogP contribution is -2.43. The number of primary amides is 1. The van der Waals surface area contributed by atoms with Gasteiger partial charge in [0.25, 0.3) is 0 Å². The monoisotopic (exact) mass is 299 g/mol. The van der Waals surface area contributed by atoms with Crippen molar-refractivity contribution in [1.82, 2.24) is 4.90 Å². The Balaban J connectivity index is 1.98. The van der Waals surface area contributed by atoms with Crippen LogP contribution in [-0.2, 0) is 4.79 Å². The van der Waals surface area contributed by atoms with Crippen LogP contribution in [0.15, 0.2) is 18.2 Å². The van der Waals surface area contributed by atoms with Gasteiger partial charge in [0.1, 0.15) is 5.82 Å². The first-order valence-corrected chi connectivity index (χ1v) is 6.66. The Hall–Kier alpha value is -1.82. The van der Waals surface area contributed by atoms with Gasteiger partial charge in [0.05, 0.1) is 10.7 Å². The summed E-state index contributed by atoms with van der Waals surface area (Å²) in [7, 11) is 0. The lowest BCUT2D eigenvalue weighted by Gasteiger charge is -2.30. The molecule has 0 aromatic heterocycles. The largest absolute Gasteiger partial charge is 0.369 e. The molecule has 0 bridgehead atoms. The molecule has 0 unspecified atom stereocenters. The molecule has 3 amide bonds. The number of anilines is 1. The first-order valence-electron chi connectivity index (χ1n) is 6.28. The molecule has 0 saturated carbocycles. The van der Waals surface area contributed by atoms with Gasteiger partial charge in [-0.25, -0.2) is 9.18 Å². The average Bonchev–Trinajstić information content (AvgIpc) is 2.43. The van der Waals surface area contributed by atoms with Crippen molar-refractivity contribution >= 4 is 29.2 Å². The van der Waals surface area contributed by atoms with Crippen LogP contribution in [0.4, 0.5) is 14.9 Å². The molecule has 0 atom stereocenters. The van der Waals surface area contributed by atoms with Gasteiger partial charge in [0, 0.05) is 19.0 Å². The summed E-state index contributed by atoms with van der Waals surface area (Å²) in [6.07, 6.45) is 1.04. The molecule has 0 aliphatic carbocycles. The molecular weight excluding hydrogens is 285 g/mol. The smallest absolute Gasteiger partial charge is 0.321 e. The fraction of sp³-hybridized carbons (Fsp3) is 0.385. The summed E-state index contributed by atoms with van der Waals surface area (Å²) >= 11 is 5.84. The summed E-state index contributed by atoms with van der Waals surface area (Å²) in [5.41, 5.74) is 5.20. The molecule has 0 spiro atoms. The predicted molar refractivity (Wildman–Crippen MR) is 73.9 cm³/mol. The number of rotatable bonds is 2. The lowest BCUT2D eigenvalue weighted by atomic mass is 9.96. The van der Waals surface area contributed by atoms with E-state index in [0.29, 0.717) is 25.9 Å². The van der Waals surface area contributed by atoms with Crippen molar-refractivity contribution in [2.45, 2.75) is 12.8 Å². The third kappa shape index (κ3) is 3.19. The number of para-hydroxylation sites is 1. The van der Waals surface area contributed by atoms with Crippen LogP contribution in [0.1, 0.15) is 12.8 Å². The van der Waals surface area contributed by atoms with Gasteiger partial charge in [0.2, 0.25) is 5.91 Å². The number of halogens is 2. The van der Waals surface area contributed by atoms with Crippen molar-refractivity contribution in [1.29, 1.82) is 0 Å². The molecule has 5 nitrogen and oxygen atoms in total. The van der Waals surface area contributed by atoms with Crippen LogP contribution in [0.3, 0.4) is 0 Å². The summed E-state index contributed by atoms with van der Waals surface area (Å²) < 4.78 is 13.6. The van der Waals surface area contributed by atoms with Crippen LogP contribution >= 0.6 is 11.6 Å². The van der Waals surface area contributed by atoms with Gasteiger partial charge >= 0.3 is 6.03 Å². The van der Waals surface area contributed by atoms with Gasteiger partial charge in [-0.1, -0.05) is 17.7 Å². The third-order valence-corrected chi connectivity index (χ3v) is 3.69. The number of nitrogens with one attached hydrogen (secondary N) is 1. The van der Waals surface area contributed by atoms with Crippen LogP contribution in [0.5, 0.6) is 0 Å². The van der Waals surface area contributed by atoms with Gasteiger partial charge in [-0.2, -0.15) is 0 Å². The molecule has 108 valence electrons. The molecule has 3 N–H and O–H groups in total. The summed E-state index contributed by atoms with van der Waals surface area (Å²) in [5, 5.41) is 2.60. The summed E-state index contributed by atoms with van der Waals surface area (Å²) in [5.74, 6) is -1.13. The average molecular weight is 300 g/mol. The number of piperidine rings is 1. The number of nitrogens with two attached hydrogens (primary N) is 1. The highest BCUT2D eigenvalue weighted by molar-refractivity contribution is 6.33. The van der Waals surface area contributed by atoms with E-state index >= 15 is 0 Å². The molecule has 1 aromatic rings. The summed E-state index contributed by atoms with van der Waals surface area (Å²) in [4.78, 5) is 24.6. The number of amides is 3. The maximum atomic E-state index is 13.6. The van der Waals surface area contributed by atoms with E-state index in [1.54, 1.807) is 0 Å². The molecule has 7 heteroatoms. The molecular formula is C13H15ClFN3O2. The van der Waals surface area contributed by atoms with E-state index < -0.39 is 11.8 Å². The van der Waals surface area contributed by atoms with E-state index in [4.69, 9.17) is 17.3 Å². The molecule has 1 aliphatic rings. The highest BCUT2D eigenvalue weighted by Crippen LogP contribution is 2.25. The molecule has 20 heavy (non-hydrogen) atoms. The number of likely N-dealkylation sites (tertiary alicyclic amines) is 1. The van der Waals surface area contributed by atoms with Crippen molar-refractivity contribution in [2.24, 2.45) is 11.7 Å². The minimum Gasteiger partial charge on any atom is -0.369 e. The molecule has 2 rings (SSSR count). The second kappa shape index (κ2) is 6.09. The normalized spacial score (nSPS) is 16.0. The van der Waals surface area contributed by atoms with Gasteiger partial charge in [-0.3, -0.25) is 4.79 Å². The van der Waals surface area contributed by atoms with Gasteiger partial charge in [0.15, 0.2) is 0 Å². The molecule has 1 fully saturated rings. The minimum absolute atomic E-state index is 0.0313. The highest BCUT2D eigenvalue weighted by atomic mass is 35.5. The number of benzene rings is 1. The van der Waals surface area contributed by atoms with E-state index in [2.05, 4.69) is 5.32 Å². The van der Waals surface area contributed by atoms with Gasteiger partial charge < -0.3 is 16.0 Å². The quantitative estimate of drug-likeness (QED) is 0.878. The molecule has 1 saturated heterocycles. The summed E-state index contributed by atoms with van der Waals surface area (Å²) in [6.45, 7) is 0.816. The number of hydrogen-bond donors (Lipinski definition) is 2. The number of hydrogen-bond acceptors (Lipinski definition) is 2. The molecule has 0 radical (unpaired) electrons. The number of urea groups is 1. The second-order valence-corrected chi connectivity index (χ2v) is 5.10.